The Kier molecular flexibility index (Phi) is 5.35. The minimum atomic E-state index is -3.10. The topological polar surface area (TPSA) is 60.2 Å². The zero-order chi connectivity index (χ0) is 13.8. The van der Waals surface area contributed by atoms with Crippen LogP contribution in [0.1, 0.15) is 43.9 Å². The van der Waals surface area contributed by atoms with E-state index in [4.69, 9.17) is 5.73 Å². The molecule has 0 aliphatic heterocycles. The molecule has 0 spiro atoms. The molecule has 0 radical (unpaired) electrons. The molecule has 2 unspecified atom stereocenters. The minimum absolute atomic E-state index is 0.458. The van der Waals surface area contributed by atoms with Crippen LogP contribution in [-0.2, 0) is 16.3 Å². The standard InChI is InChI=1S/C14H23NO2S/c1-4-5-6-12-7-9-13(10-8-12)14(15)11(2)18(3,16)17/h7-11,14H,4-6,15H2,1-3H3. The number of hydrogen-bond acceptors (Lipinski definition) is 3. The van der Waals surface area contributed by atoms with Gasteiger partial charge in [-0.2, -0.15) is 0 Å². The van der Waals surface area contributed by atoms with Crippen LogP contribution in [0.5, 0.6) is 0 Å². The smallest absolute Gasteiger partial charge is 0.151 e. The van der Waals surface area contributed by atoms with Gasteiger partial charge in [-0.25, -0.2) is 8.42 Å². The Morgan fingerprint density at radius 1 is 1.22 bits per heavy atom. The van der Waals surface area contributed by atoms with Gasteiger partial charge in [0.2, 0.25) is 0 Å². The number of rotatable bonds is 6. The lowest BCUT2D eigenvalue weighted by Crippen LogP contribution is -2.30. The highest BCUT2D eigenvalue weighted by Crippen LogP contribution is 2.20. The van der Waals surface area contributed by atoms with E-state index in [2.05, 4.69) is 6.92 Å². The summed E-state index contributed by atoms with van der Waals surface area (Å²) in [6, 6.07) is 7.51. The molecule has 4 heteroatoms. The Labute approximate surface area is 110 Å². The van der Waals surface area contributed by atoms with Crippen LogP contribution < -0.4 is 5.73 Å². The molecule has 3 nitrogen and oxygen atoms in total. The monoisotopic (exact) mass is 269 g/mol. The van der Waals surface area contributed by atoms with Crippen molar-refractivity contribution in [3.8, 4) is 0 Å². The Morgan fingerprint density at radius 3 is 2.22 bits per heavy atom. The molecule has 0 saturated carbocycles. The van der Waals surface area contributed by atoms with Gasteiger partial charge in [-0.05, 0) is 30.9 Å². The molecule has 0 aromatic heterocycles. The van der Waals surface area contributed by atoms with E-state index < -0.39 is 21.1 Å². The second kappa shape index (κ2) is 6.34. The van der Waals surface area contributed by atoms with Crippen molar-refractivity contribution in [1.82, 2.24) is 0 Å². The maximum absolute atomic E-state index is 11.5. The van der Waals surface area contributed by atoms with Crippen molar-refractivity contribution in [1.29, 1.82) is 0 Å². The third kappa shape index (κ3) is 4.10. The third-order valence-electron chi connectivity index (χ3n) is 3.36. The molecule has 1 aromatic carbocycles. The van der Waals surface area contributed by atoms with Crippen LogP contribution in [0.25, 0.3) is 0 Å². The molecular formula is C14H23NO2S. The fourth-order valence-electron chi connectivity index (χ4n) is 1.82. The Hall–Kier alpha value is -0.870. The zero-order valence-electron chi connectivity index (χ0n) is 11.4. The van der Waals surface area contributed by atoms with Crippen LogP contribution in [0.4, 0.5) is 0 Å². The van der Waals surface area contributed by atoms with Crippen molar-refractivity contribution in [2.45, 2.75) is 44.4 Å². The van der Waals surface area contributed by atoms with E-state index in [1.54, 1.807) is 6.92 Å². The molecule has 0 amide bonds. The lowest BCUT2D eigenvalue weighted by Gasteiger charge is -2.18. The molecule has 0 bridgehead atoms. The molecular weight excluding hydrogens is 246 g/mol. The second-order valence-corrected chi connectivity index (χ2v) is 7.31. The van der Waals surface area contributed by atoms with Crippen LogP contribution >= 0.6 is 0 Å². The van der Waals surface area contributed by atoms with Gasteiger partial charge in [-0.1, -0.05) is 37.6 Å². The van der Waals surface area contributed by atoms with E-state index in [-0.39, 0.29) is 0 Å². The molecule has 2 atom stereocenters. The fraction of sp³-hybridized carbons (Fsp3) is 0.571. The van der Waals surface area contributed by atoms with Crippen LogP contribution in [0.15, 0.2) is 24.3 Å². The van der Waals surface area contributed by atoms with Gasteiger partial charge in [0.15, 0.2) is 9.84 Å². The van der Waals surface area contributed by atoms with Crippen LogP contribution in [0, 0.1) is 0 Å². The van der Waals surface area contributed by atoms with Crippen molar-refractivity contribution < 1.29 is 8.42 Å². The van der Waals surface area contributed by atoms with Crippen LogP contribution in [0.2, 0.25) is 0 Å². The summed E-state index contributed by atoms with van der Waals surface area (Å²) in [6.07, 6.45) is 4.64. The highest BCUT2D eigenvalue weighted by molar-refractivity contribution is 7.91. The van der Waals surface area contributed by atoms with Crippen LogP contribution in [-0.4, -0.2) is 19.9 Å². The number of unbranched alkanes of at least 4 members (excludes halogenated alkanes) is 1. The summed E-state index contributed by atoms with van der Waals surface area (Å²) in [6.45, 7) is 3.82. The molecule has 0 aliphatic rings. The molecule has 0 saturated heterocycles. The highest BCUT2D eigenvalue weighted by atomic mass is 32.2. The number of sulfone groups is 1. The predicted octanol–water partition coefficient (Wildman–Crippen LogP) is 2.46. The highest BCUT2D eigenvalue weighted by Gasteiger charge is 2.23. The number of aryl methyl sites for hydroxylation is 1. The van der Waals surface area contributed by atoms with Crippen molar-refractivity contribution in [3.63, 3.8) is 0 Å². The SMILES string of the molecule is CCCCc1ccc(C(N)C(C)S(C)(=O)=O)cc1. The summed E-state index contributed by atoms with van der Waals surface area (Å²) in [7, 11) is -3.10. The molecule has 0 heterocycles. The Morgan fingerprint density at radius 2 is 1.78 bits per heavy atom. The summed E-state index contributed by atoms with van der Waals surface area (Å²) >= 11 is 0. The van der Waals surface area contributed by atoms with Crippen LogP contribution in [0.3, 0.4) is 0 Å². The maximum atomic E-state index is 11.5. The quantitative estimate of drug-likeness (QED) is 0.863. The van der Waals surface area contributed by atoms with Crippen molar-refractivity contribution in [2.75, 3.05) is 6.26 Å². The molecule has 1 aromatic rings. The first-order valence-corrected chi connectivity index (χ1v) is 8.35. The fourth-order valence-corrected chi connectivity index (χ4v) is 2.51. The average molecular weight is 269 g/mol. The molecule has 102 valence electrons. The molecule has 0 fully saturated rings. The second-order valence-electron chi connectivity index (χ2n) is 4.91. The normalized spacial score (nSPS) is 15.3. The first-order chi connectivity index (χ1) is 8.36. The molecule has 18 heavy (non-hydrogen) atoms. The Balaban J connectivity index is 2.79. The van der Waals surface area contributed by atoms with Gasteiger partial charge in [-0.15, -0.1) is 0 Å². The van der Waals surface area contributed by atoms with Gasteiger partial charge in [0.25, 0.3) is 0 Å². The van der Waals surface area contributed by atoms with E-state index in [1.807, 2.05) is 24.3 Å². The lowest BCUT2D eigenvalue weighted by molar-refractivity contribution is 0.570. The Bertz CT molecular complexity index is 465. The zero-order valence-corrected chi connectivity index (χ0v) is 12.2. The van der Waals surface area contributed by atoms with Gasteiger partial charge in [0.05, 0.1) is 5.25 Å². The van der Waals surface area contributed by atoms with E-state index in [1.165, 1.54) is 24.7 Å². The minimum Gasteiger partial charge on any atom is -0.323 e. The van der Waals surface area contributed by atoms with E-state index in [0.29, 0.717) is 0 Å². The van der Waals surface area contributed by atoms with Gasteiger partial charge < -0.3 is 5.73 Å². The molecule has 1 rings (SSSR count). The average Bonchev–Trinajstić information content (AvgIpc) is 2.34. The molecule has 0 aliphatic carbocycles. The van der Waals surface area contributed by atoms with E-state index >= 15 is 0 Å². The summed E-state index contributed by atoms with van der Waals surface area (Å²) in [5, 5.41) is -0.556. The summed E-state index contributed by atoms with van der Waals surface area (Å²) in [5.74, 6) is 0. The van der Waals surface area contributed by atoms with E-state index in [9.17, 15) is 8.42 Å². The van der Waals surface area contributed by atoms with Gasteiger partial charge in [0, 0.05) is 12.3 Å². The number of nitrogens with two attached hydrogens (primary N) is 1. The third-order valence-corrected chi connectivity index (χ3v) is 5.01. The van der Waals surface area contributed by atoms with Gasteiger partial charge in [0.1, 0.15) is 0 Å². The molecule has 2 N–H and O–H groups in total. The number of benzene rings is 1. The summed E-state index contributed by atoms with van der Waals surface area (Å²) < 4.78 is 22.9. The van der Waals surface area contributed by atoms with E-state index in [0.717, 1.165) is 12.0 Å². The first kappa shape index (κ1) is 15.2. The number of hydrogen-bond donors (Lipinski definition) is 1. The predicted molar refractivity (Wildman–Crippen MR) is 76.3 cm³/mol. The maximum Gasteiger partial charge on any atom is 0.151 e. The summed E-state index contributed by atoms with van der Waals surface area (Å²) in [5.41, 5.74) is 8.16. The van der Waals surface area contributed by atoms with Crippen molar-refractivity contribution in [3.05, 3.63) is 35.4 Å². The van der Waals surface area contributed by atoms with Gasteiger partial charge in [-0.3, -0.25) is 0 Å². The first-order valence-electron chi connectivity index (χ1n) is 6.39. The lowest BCUT2D eigenvalue weighted by atomic mass is 10.0. The summed E-state index contributed by atoms with van der Waals surface area (Å²) in [4.78, 5) is 0. The largest absolute Gasteiger partial charge is 0.323 e. The van der Waals surface area contributed by atoms with Crippen molar-refractivity contribution >= 4 is 9.84 Å². The van der Waals surface area contributed by atoms with Crippen molar-refractivity contribution in [2.24, 2.45) is 5.73 Å². The van der Waals surface area contributed by atoms with Gasteiger partial charge >= 0.3 is 0 Å².